The standard InChI is InChI=1S/C14H19BrF3NO2/c1-13(2,3)19-7-9-4-5-11(10(15)6-9)21-8-12(20)14(16,17)18/h4-6,12,19-20H,7-8H2,1-3H3. The molecule has 0 radical (unpaired) electrons. The zero-order chi connectivity index (χ0) is 16.3. The minimum atomic E-state index is -4.68. The van der Waals surface area contributed by atoms with Crippen molar-refractivity contribution in [2.24, 2.45) is 0 Å². The van der Waals surface area contributed by atoms with E-state index in [4.69, 9.17) is 9.84 Å². The highest BCUT2D eigenvalue weighted by atomic mass is 79.9. The summed E-state index contributed by atoms with van der Waals surface area (Å²) < 4.78 is 42.1. The van der Waals surface area contributed by atoms with E-state index in [2.05, 4.69) is 21.2 Å². The third kappa shape index (κ3) is 6.67. The first kappa shape index (κ1) is 18.3. The molecule has 1 aromatic carbocycles. The number of benzene rings is 1. The predicted octanol–water partition coefficient (Wildman–Crippen LogP) is 3.64. The number of nitrogens with one attached hydrogen (secondary N) is 1. The summed E-state index contributed by atoms with van der Waals surface area (Å²) in [5, 5.41) is 12.2. The normalized spacial score (nSPS) is 14.1. The van der Waals surface area contributed by atoms with Gasteiger partial charge in [-0.25, -0.2) is 0 Å². The van der Waals surface area contributed by atoms with E-state index in [9.17, 15) is 13.2 Å². The molecular formula is C14H19BrF3NO2. The van der Waals surface area contributed by atoms with Crippen molar-refractivity contribution in [2.75, 3.05) is 6.61 Å². The van der Waals surface area contributed by atoms with Crippen LogP contribution >= 0.6 is 15.9 Å². The number of hydrogen-bond acceptors (Lipinski definition) is 3. The fourth-order valence-corrected chi connectivity index (χ4v) is 1.94. The highest BCUT2D eigenvalue weighted by Gasteiger charge is 2.38. The number of ether oxygens (including phenoxy) is 1. The molecule has 0 aliphatic carbocycles. The second-order valence-corrected chi connectivity index (χ2v) is 6.59. The first-order chi connectivity index (χ1) is 9.49. The van der Waals surface area contributed by atoms with Gasteiger partial charge in [-0.05, 0) is 54.4 Å². The molecule has 3 nitrogen and oxygen atoms in total. The van der Waals surface area contributed by atoms with Crippen molar-refractivity contribution in [1.29, 1.82) is 0 Å². The fourth-order valence-electron chi connectivity index (χ4n) is 1.40. The van der Waals surface area contributed by atoms with Crippen LogP contribution in [0.15, 0.2) is 22.7 Å². The molecule has 0 amide bonds. The molecule has 120 valence electrons. The van der Waals surface area contributed by atoms with Crippen LogP contribution in [0.25, 0.3) is 0 Å². The van der Waals surface area contributed by atoms with Gasteiger partial charge in [0.2, 0.25) is 0 Å². The minimum Gasteiger partial charge on any atom is -0.489 e. The molecule has 0 aliphatic heterocycles. The number of hydrogen-bond donors (Lipinski definition) is 2. The van der Waals surface area contributed by atoms with E-state index < -0.39 is 18.9 Å². The Balaban J connectivity index is 2.62. The van der Waals surface area contributed by atoms with Crippen LogP contribution in [0.4, 0.5) is 13.2 Å². The summed E-state index contributed by atoms with van der Waals surface area (Å²) in [5.74, 6) is 0.262. The fraction of sp³-hybridized carbons (Fsp3) is 0.571. The molecule has 0 heterocycles. The van der Waals surface area contributed by atoms with E-state index in [1.165, 1.54) is 0 Å². The lowest BCUT2D eigenvalue weighted by atomic mass is 10.1. The average molecular weight is 370 g/mol. The van der Waals surface area contributed by atoms with Crippen LogP contribution in [0.1, 0.15) is 26.3 Å². The lowest BCUT2D eigenvalue weighted by Gasteiger charge is -2.21. The second kappa shape index (κ2) is 6.98. The Morgan fingerprint density at radius 1 is 1.29 bits per heavy atom. The Morgan fingerprint density at radius 3 is 2.38 bits per heavy atom. The predicted molar refractivity (Wildman–Crippen MR) is 78.3 cm³/mol. The third-order valence-electron chi connectivity index (χ3n) is 2.59. The van der Waals surface area contributed by atoms with E-state index in [0.717, 1.165) is 5.56 Å². The van der Waals surface area contributed by atoms with Crippen molar-refractivity contribution in [1.82, 2.24) is 5.32 Å². The summed E-state index contributed by atoms with van der Waals surface area (Å²) in [6.07, 6.45) is -7.17. The Labute approximate surface area is 130 Å². The van der Waals surface area contributed by atoms with Crippen molar-refractivity contribution in [3.8, 4) is 5.75 Å². The van der Waals surface area contributed by atoms with E-state index in [1.807, 2.05) is 20.8 Å². The largest absolute Gasteiger partial charge is 0.489 e. The SMILES string of the molecule is CC(C)(C)NCc1ccc(OCC(O)C(F)(F)F)c(Br)c1. The Hall–Kier alpha value is -0.790. The highest BCUT2D eigenvalue weighted by Crippen LogP contribution is 2.28. The molecule has 1 aromatic rings. The van der Waals surface area contributed by atoms with E-state index >= 15 is 0 Å². The number of aliphatic hydroxyl groups excluding tert-OH is 1. The Morgan fingerprint density at radius 2 is 1.90 bits per heavy atom. The maximum Gasteiger partial charge on any atom is 0.417 e. The van der Waals surface area contributed by atoms with Crippen LogP contribution < -0.4 is 10.1 Å². The van der Waals surface area contributed by atoms with Crippen molar-refractivity contribution in [3.63, 3.8) is 0 Å². The molecule has 21 heavy (non-hydrogen) atoms. The molecule has 0 aliphatic rings. The number of alkyl halides is 3. The van der Waals surface area contributed by atoms with Gasteiger partial charge in [0.25, 0.3) is 0 Å². The van der Waals surface area contributed by atoms with E-state index in [-0.39, 0.29) is 11.3 Å². The molecule has 0 saturated carbocycles. The molecule has 1 unspecified atom stereocenters. The molecule has 0 saturated heterocycles. The van der Waals surface area contributed by atoms with E-state index in [1.54, 1.807) is 18.2 Å². The summed E-state index contributed by atoms with van der Waals surface area (Å²) in [5.41, 5.74) is 0.943. The van der Waals surface area contributed by atoms with Crippen molar-refractivity contribution in [3.05, 3.63) is 28.2 Å². The summed E-state index contributed by atoms with van der Waals surface area (Å²) in [6, 6.07) is 5.11. The summed E-state index contributed by atoms with van der Waals surface area (Å²) in [7, 11) is 0. The first-order valence-electron chi connectivity index (χ1n) is 6.40. The van der Waals surface area contributed by atoms with Gasteiger partial charge in [-0.3, -0.25) is 0 Å². The highest BCUT2D eigenvalue weighted by molar-refractivity contribution is 9.10. The number of halogens is 4. The minimum absolute atomic E-state index is 0.0293. The van der Waals surface area contributed by atoms with Crippen LogP contribution in [0, 0.1) is 0 Å². The van der Waals surface area contributed by atoms with Gasteiger partial charge in [-0.15, -0.1) is 0 Å². The van der Waals surface area contributed by atoms with E-state index in [0.29, 0.717) is 11.0 Å². The zero-order valence-corrected chi connectivity index (χ0v) is 13.7. The molecule has 7 heteroatoms. The monoisotopic (exact) mass is 369 g/mol. The van der Waals surface area contributed by atoms with Gasteiger partial charge in [0.1, 0.15) is 12.4 Å². The molecule has 1 atom stereocenters. The van der Waals surface area contributed by atoms with Gasteiger partial charge in [0.05, 0.1) is 4.47 Å². The van der Waals surface area contributed by atoms with Crippen LogP contribution in [0.3, 0.4) is 0 Å². The molecule has 1 rings (SSSR count). The Bertz CT molecular complexity index is 472. The maximum atomic E-state index is 12.2. The number of aliphatic hydroxyl groups is 1. The maximum absolute atomic E-state index is 12.2. The number of rotatable bonds is 5. The van der Waals surface area contributed by atoms with Gasteiger partial charge >= 0.3 is 6.18 Å². The topological polar surface area (TPSA) is 41.5 Å². The van der Waals surface area contributed by atoms with Crippen LogP contribution in [-0.2, 0) is 6.54 Å². The lowest BCUT2D eigenvalue weighted by molar-refractivity contribution is -0.210. The van der Waals surface area contributed by atoms with Crippen LogP contribution in [0.5, 0.6) is 5.75 Å². The Kier molecular flexibility index (Phi) is 6.07. The smallest absolute Gasteiger partial charge is 0.417 e. The van der Waals surface area contributed by atoms with Crippen molar-refractivity contribution in [2.45, 2.75) is 45.1 Å². The second-order valence-electron chi connectivity index (χ2n) is 5.74. The van der Waals surface area contributed by atoms with Crippen molar-refractivity contribution >= 4 is 15.9 Å². The summed E-state index contributed by atoms with van der Waals surface area (Å²) >= 11 is 3.25. The summed E-state index contributed by atoms with van der Waals surface area (Å²) in [4.78, 5) is 0. The van der Waals surface area contributed by atoms with Gasteiger partial charge in [0.15, 0.2) is 6.10 Å². The van der Waals surface area contributed by atoms with Gasteiger partial charge in [0, 0.05) is 12.1 Å². The van der Waals surface area contributed by atoms with Crippen LogP contribution in [-0.4, -0.2) is 29.5 Å². The molecule has 0 spiro atoms. The van der Waals surface area contributed by atoms with Gasteiger partial charge < -0.3 is 15.2 Å². The molecule has 0 bridgehead atoms. The third-order valence-corrected chi connectivity index (χ3v) is 3.21. The quantitative estimate of drug-likeness (QED) is 0.832. The first-order valence-corrected chi connectivity index (χ1v) is 7.19. The molecule has 0 fully saturated rings. The van der Waals surface area contributed by atoms with Gasteiger partial charge in [-0.1, -0.05) is 6.07 Å². The lowest BCUT2D eigenvalue weighted by Crippen LogP contribution is -2.35. The van der Waals surface area contributed by atoms with Crippen molar-refractivity contribution < 1.29 is 23.0 Å². The summed E-state index contributed by atoms with van der Waals surface area (Å²) in [6.45, 7) is 5.92. The molecular weight excluding hydrogens is 351 g/mol. The van der Waals surface area contributed by atoms with Gasteiger partial charge in [-0.2, -0.15) is 13.2 Å². The molecule has 2 N–H and O–H groups in total. The average Bonchev–Trinajstić information content (AvgIpc) is 2.32. The van der Waals surface area contributed by atoms with Crippen LogP contribution in [0.2, 0.25) is 0 Å². The zero-order valence-electron chi connectivity index (χ0n) is 12.1. The molecule has 0 aromatic heterocycles.